The van der Waals surface area contributed by atoms with Gasteiger partial charge in [-0.3, -0.25) is 9.59 Å². The van der Waals surface area contributed by atoms with Crippen molar-refractivity contribution in [3.63, 3.8) is 0 Å². The fraction of sp³-hybridized carbons (Fsp3) is 0.0833. The Labute approximate surface area is 177 Å². The Morgan fingerprint density at radius 3 is 2.16 bits per heavy atom. The van der Waals surface area contributed by atoms with E-state index < -0.39 is 17.6 Å². The number of anilines is 2. The van der Waals surface area contributed by atoms with Crippen LogP contribution in [-0.4, -0.2) is 11.8 Å². The number of carbonyl (C=O) groups is 2. The number of halogens is 3. The zero-order chi connectivity index (χ0) is 22.4. The van der Waals surface area contributed by atoms with E-state index in [1.165, 1.54) is 30.3 Å². The molecule has 7 heteroatoms. The van der Waals surface area contributed by atoms with Gasteiger partial charge in [0.05, 0.1) is 5.56 Å². The first-order valence-electron chi connectivity index (χ1n) is 9.35. The number of rotatable bonds is 5. The van der Waals surface area contributed by atoms with E-state index in [9.17, 15) is 22.8 Å². The Kier molecular flexibility index (Phi) is 6.55. The van der Waals surface area contributed by atoms with Crippen LogP contribution in [0.3, 0.4) is 0 Å². The van der Waals surface area contributed by atoms with Gasteiger partial charge in [-0.05, 0) is 61.0 Å². The van der Waals surface area contributed by atoms with E-state index >= 15 is 0 Å². The van der Waals surface area contributed by atoms with Gasteiger partial charge in [-0.2, -0.15) is 13.2 Å². The van der Waals surface area contributed by atoms with Crippen molar-refractivity contribution in [1.82, 2.24) is 0 Å². The molecule has 0 saturated carbocycles. The van der Waals surface area contributed by atoms with Gasteiger partial charge in [0.25, 0.3) is 5.91 Å². The molecule has 0 bridgehead atoms. The average molecular weight is 424 g/mol. The summed E-state index contributed by atoms with van der Waals surface area (Å²) in [5.41, 5.74) is 1.93. The number of alkyl halides is 3. The summed E-state index contributed by atoms with van der Waals surface area (Å²) in [6, 6.07) is 18.1. The number of nitrogens with one attached hydrogen (secondary N) is 2. The minimum atomic E-state index is -4.49. The van der Waals surface area contributed by atoms with Crippen molar-refractivity contribution in [3.05, 3.63) is 101 Å². The largest absolute Gasteiger partial charge is 0.416 e. The van der Waals surface area contributed by atoms with Crippen LogP contribution in [0.2, 0.25) is 0 Å². The number of hydrogen-bond acceptors (Lipinski definition) is 2. The molecule has 0 aliphatic rings. The zero-order valence-electron chi connectivity index (χ0n) is 16.5. The van der Waals surface area contributed by atoms with E-state index in [0.29, 0.717) is 5.69 Å². The van der Waals surface area contributed by atoms with E-state index in [2.05, 4.69) is 10.6 Å². The van der Waals surface area contributed by atoms with E-state index in [-0.39, 0.29) is 17.2 Å². The van der Waals surface area contributed by atoms with Gasteiger partial charge in [0.2, 0.25) is 5.91 Å². The molecule has 0 radical (unpaired) electrons. The van der Waals surface area contributed by atoms with Crippen LogP contribution < -0.4 is 10.6 Å². The second-order valence-electron chi connectivity index (χ2n) is 6.84. The lowest BCUT2D eigenvalue weighted by molar-refractivity contribution is -0.137. The molecule has 3 rings (SSSR count). The zero-order valence-corrected chi connectivity index (χ0v) is 16.5. The van der Waals surface area contributed by atoms with Crippen molar-refractivity contribution in [2.24, 2.45) is 0 Å². The summed E-state index contributed by atoms with van der Waals surface area (Å²) in [5.74, 6) is -0.891. The summed E-state index contributed by atoms with van der Waals surface area (Å²) in [5, 5.41) is 5.12. The lowest BCUT2D eigenvalue weighted by Gasteiger charge is -2.10. The molecular weight excluding hydrogens is 405 g/mol. The molecule has 0 aliphatic heterocycles. The van der Waals surface area contributed by atoms with Crippen LogP contribution in [0.4, 0.5) is 24.5 Å². The van der Waals surface area contributed by atoms with E-state index in [1.807, 2.05) is 31.2 Å². The second kappa shape index (κ2) is 9.30. The normalized spacial score (nSPS) is 11.4. The maximum Gasteiger partial charge on any atom is 0.416 e. The monoisotopic (exact) mass is 424 g/mol. The van der Waals surface area contributed by atoms with Gasteiger partial charge in [0, 0.05) is 23.0 Å². The molecule has 2 N–H and O–H groups in total. The predicted molar refractivity (Wildman–Crippen MR) is 115 cm³/mol. The summed E-state index contributed by atoms with van der Waals surface area (Å²) in [7, 11) is 0. The minimum Gasteiger partial charge on any atom is -0.323 e. The molecule has 3 aromatic carbocycles. The quantitative estimate of drug-likeness (QED) is 0.500. The van der Waals surface area contributed by atoms with E-state index in [0.717, 1.165) is 23.3 Å². The van der Waals surface area contributed by atoms with Crippen LogP contribution in [0, 0.1) is 6.92 Å². The van der Waals surface area contributed by atoms with Gasteiger partial charge in [0.1, 0.15) is 0 Å². The lowest BCUT2D eigenvalue weighted by atomic mass is 10.1. The summed E-state index contributed by atoms with van der Waals surface area (Å²) in [6.45, 7) is 1.98. The third-order valence-electron chi connectivity index (χ3n) is 4.37. The molecular formula is C24H19F3N2O2. The van der Waals surface area contributed by atoms with Crippen molar-refractivity contribution in [3.8, 4) is 0 Å². The van der Waals surface area contributed by atoms with Crippen LogP contribution in [0.25, 0.3) is 6.08 Å². The molecule has 31 heavy (non-hydrogen) atoms. The molecule has 0 atom stereocenters. The molecule has 0 aliphatic carbocycles. The lowest BCUT2D eigenvalue weighted by Crippen LogP contribution is -2.13. The molecule has 0 heterocycles. The first-order valence-corrected chi connectivity index (χ1v) is 9.35. The summed E-state index contributed by atoms with van der Waals surface area (Å²) < 4.78 is 38.4. The number of aryl methyl sites for hydroxylation is 1. The molecule has 3 aromatic rings. The van der Waals surface area contributed by atoms with Gasteiger partial charge in [-0.1, -0.05) is 35.9 Å². The first-order chi connectivity index (χ1) is 14.7. The van der Waals surface area contributed by atoms with Gasteiger partial charge in [-0.25, -0.2) is 0 Å². The Morgan fingerprint density at radius 2 is 1.52 bits per heavy atom. The van der Waals surface area contributed by atoms with E-state index in [4.69, 9.17) is 0 Å². The van der Waals surface area contributed by atoms with Crippen LogP contribution in [0.1, 0.15) is 27.0 Å². The topological polar surface area (TPSA) is 58.2 Å². The van der Waals surface area contributed by atoms with Crippen LogP contribution in [-0.2, 0) is 11.0 Å². The minimum absolute atomic E-state index is 0.0402. The number of carbonyl (C=O) groups excluding carboxylic acids is 2. The Bertz CT molecular complexity index is 1100. The molecule has 0 unspecified atom stereocenters. The molecule has 2 amide bonds. The molecule has 0 aromatic heterocycles. The SMILES string of the molecule is Cc1ccc(/C=C/C(=O)Nc2ccc(C(=O)Nc3cccc(C(F)(F)F)c3)cc2)cc1. The van der Waals surface area contributed by atoms with Crippen LogP contribution >= 0.6 is 0 Å². The standard InChI is InChI=1S/C24H19F3N2O2/c1-16-5-7-17(8-6-16)9-14-22(30)28-20-12-10-18(11-13-20)23(31)29-21-4-2-3-19(15-21)24(25,26)27/h2-15H,1H3,(H,28,30)(H,29,31)/b14-9+. The van der Waals surface area contributed by atoms with E-state index in [1.54, 1.807) is 18.2 Å². The maximum absolute atomic E-state index is 12.8. The fourth-order valence-electron chi connectivity index (χ4n) is 2.71. The van der Waals surface area contributed by atoms with Gasteiger partial charge >= 0.3 is 6.18 Å². The van der Waals surface area contributed by atoms with Crippen molar-refractivity contribution in [2.75, 3.05) is 10.6 Å². The third-order valence-corrected chi connectivity index (χ3v) is 4.37. The number of amides is 2. The van der Waals surface area contributed by atoms with Crippen molar-refractivity contribution >= 4 is 29.3 Å². The Balaban J connectivity index is 1.60. The third kappa shape index (κ3) is 6.30. The Morgan fingerprint density at radius 1 is 0.839 bits per heavy atom. The first kappa shape index (κ1) is 21.8. The fourth-order valence-corrected chi connectivity index (χ4v) is 2.71. The van der Waals surface area contributed by atoms with Gasteiger partial charge in [0.15, 0.2) is 0 Å². The van der Waals surface area contributed by atoms with Crippen LogP contribution in [0.15, 0.2) is 78.9 Å². The second-order valence-corrected chi connectivity index (χ2v) is 6.84. The number of hydrogen-bond donors (Lipinski definition) is 2. The highest BCUT2D eigenvalue weighted by Gasteiger charge is 2.30. The summed E-state index contributed by atoms with van der Waals surface area (Å²) >= 11 is 0. The highest BCUT2D eigenvalue weighted by atomic mass is 19.4. The summed E-state index contributed by atoms with van der Waals surface area (Å²) in [4.78, 5) is 24.4. The average Bonchev–Trinajstić information content (AvgIpc) is 2.73. The predicted octanol–water partition coefficient (Wildman–Crippen LogP) is 5.92. The molecule has 0 fully saturated rings. The molecule has 158 valence electrons. The van der Waals surface area contributed by atoms with Crippen molar-refractivity contribution in [1.29, 1.82) is 0 Å². The molecule has 0 saturated heterocycles. The number of benzene rings is 3. The van der Waals surface area contributed by atoms with Crippen molar-refractivity contribution < 1.29 is 22.8 Å². The summed E-state index contributed by atoms with van der Waals surface area (Å²) in [6.07, 6.45) is -1.40. The van der Waals surface area contributed by atoms with Crippen LogP contribution in [0.5, 0.6) is 0 Å². The highest BCUT2D eigenvalue weighted by molar-refractivity contribution is 6.05. The Hall–Kier alpha value is -3.87. The smallest absolute Gasteiger partial charge is 0.323 e. The molecule has 4 nitrogen and oxygen atoms in total. The maximum atomic E-state index is 12.8. The van der Waals surface area contributed by atoms with Gasteiger partial charge < -0.3 is 10.6 Å². The van der Waals surface area contributed by atoms with Crippen molar-refractivity contribution in [2.45, 2.75) is 13.1 Å². The van der Waals surface area contributed by atoms with Gasteiger partial charge in [-0.15, -0.1) is 0 Å². The highest BCUT2D eigenvalue weighted by Crippen LogP contribution is 2.30. The molecule has 0 spiro atoms.